The topological polar surface area (TPSA) is 141 Å². The van der Waals surface area contributed by atoms with Crippen LogP contribution >= 0.6 is 0 Å². The Balaban J connectivity index is 2.05. The van der Waals surface area contributed by atoms with Gasteiger partial charge in [-0.3, -0.25) is 19.2 Å². The molecule has 12 nitrogen and oxygen atoms in total. The Bertz CT molecular complexity index is 1190. The third-order valence-corrected chi connectivity index (χ3v) is 8.05. The lowest BCUT2D eigenvalue weighted by atomic mass is 9.86. The highest BCUT2D eigenvalue weighted by Crippen LogP contribution is 2.26. The molecule has 0 aliphatic carbocycles. The first-order valence-corrected chi connectivity index (χ1v) is 16.1. The van der Waals surface area contributed by atoms with Crippen molar-refractivity contribution in [3.8, 4) is 0 Å². The van der Waals surface area contributed by atoms with Crippen molar-refractivity contribution >= 4 is 23.9 Å². The Morgan fingerprint density at radius 3 is 1.26 bits per heavy atom. The quantitative estimate of drug-likeness (QED) is 0.137. The summed E-state index contributed by atoms with van der Waals surface area (Å²) in [6.45, 7) is 14.3. The maximum absolute atomic E-state index is 13.3. The van der Waals surface area contributed by atoms with E-state index in [0.717, 1.165) is 11.4 Å². The highest BCUT2D eigenvalue weighted by atomic mass is 16.6. The van der Waals surface area contributed by atoms with Crippen LogP contribution in [-0.4, -0.2) is 69.4 Å². The van der Waals surface area contributed by atoms with Gasteiger partial charge in [0.1, 0.15) is 13.2 Å². The number of nitrogens with zero attached hydrogens (tertiary/aromatic N) is 4. The zero-order valence-electron chi connectivity index (χ0n) is 29.3. The predicted molar refractivity (Wildman–Crippen MR) is 171 cm³/mol. The Labute approximate surface area is 273 Å². The minimum atomic E-state index is -0.676. The van der Waals surface area contributed by atoms with E-state index < -0.39 is 34.6 Å². The van der Waals surface area contributed by atoms with Crippen molar-refractivity contribution in [2.24, 2.45) is 48.6 Å². The molecule has 0 bridgehead atoms. The molecule has 0 aliphatic heterocycles. The molecule has 0 unspecified atom stereocenters. The molecule has 0 aliphatic rings. The Morgan fingerprint density at radius 2 is 1.00 bits per heavy atom. The first-order valence-electron chi connectivity index (χ1n) is 16.1. The first kappa shape index (κ1) is 38.5. The standard InChI is InChI=1S/C34H54N4O8/c1-11-27(23(15-25-17-35-21-37(25)9)19-45-31(41)33(3,4)5)29(39)43-13-14-44-30(40)28(12-2)24(16-26-18-36-22-38(26)10)20-46-32(42)34(6,7)8/h17-18,21-24,27-28H,11-16,19-20H2,1-10H3/t23-,24+,27-,28+. The van der Waals surface area contributed by atoms with Crippen LogP contribution in [0.25, 0.3) is 0 Å². The van der Waals surface area contributed by atoms with Gasteiger partial charge in [-0.05, 0) is 67.2 Å². The van der Waals surface area contributed by atoms with Gasteiger partial charge in [-0.25, -0.2) is 9.97 Å². The monoisotopic (exact) mass is 646 g/mol. The number of aryl methyl sites for hydroxylation is 2. The molecule has 0 N–H and O–H groups in total. The maximum Gasteiger partial charge on any atom is 0.311 e. The van der Waals surface area contributed by atoms with E-state index in [1.54, 1.807) is 66.6 Å². The summed E-state index contributed by atoms with van der Waals surface area (Å²) in [6.07, 6.45) is 8.68. The van der Waals surface area contributed by atoms with Crippen LogP contribution in [0, 0.1) is 34.5 Å². The lowest BCUT2D eigenvalue weighted by Gasteiger charge is -2.27. The minimum Gasteiger partial charge on any atom is -0.465 e. The average molecular weight is 647 g/mol. The molecule has 2 aromatic rings. The fourth-order valence-electron chi connectivity index (χ4n) is 5.02. The fourth-order valence-corrected chi connectivity index (χ4v) is 5.02. The lowest BCUT2D eigenvalue weighted by molar-refractivity contribution is -0.164. The summed E-state index contributed by atoms with van der Waals surface area (Å²) in [5.41, 5.74) is 0.447. The molecule has 0 spiro atoms. The van der Waals surface area contributed by atoms with Gasteiger partial charge in [0.25, 0.3) is 0 Å². The highest BCUT2D eigenvalue weighted by molar-refractivity contribution is 5.76. The van der Waals surface area contributed by atoms with Gasteiger partial charge in [0.2, 0.25) is 0 Å². The number of aromatic nitrogens is 4. The fraction of sp³-hybridized carbons (Fsp3) is 0.706. The summed E-state index contributed by atoms with van der Waals surface area (Å²) in [4.78, 5) is 59.9. The van der Waals surface area contributed by atoms with Crippen LogP contribution in [0.2, 0.25) is 0 Å². The van der Waals surface area contributed by atoms with Crippen LogP contribution in [0.3, 0.4) is 0 Å². The normalized spacial score (nSPS) is 14.6. The molecule has 2 heterocycles. The number of imidazole rings is 2. The van der Waals surface area contributed by atoms with Crippen molar-refractivity contribution in [2.45, 2.75) is 81.1 Å². The molecule has 0 radical (unpaired) electrons. The number of rotatable bonds is 17. The van der Waals surface area contributed by atoms with E-state index >= 15 is 0 Å². The summed E-state index contributed by atoms with van der Waals surface area (Å²) in [6, 6.07) is 0. The summed E-state index contributed by atoms with van der Waals surface area (Å²) in [7, 11) is 3.74. The van der Waals surface area contributed by atoms with Crippen LogP contribution in [-0.2, 0) is 65.1 Å². The highest BCUT2D eigenvalue weighted by Gasteiger charge is 2.34. The van der Waals surface area contributed by atoms with Gasteiger partial charge < -0.3 is 28.1 Å². The van der Waals surface area contributed by atoms with Crippen LogP contribution in [0.1, 0.15) is 79.6 Å². The Kier molecular flexibility index (Phi) is 14.5. The number of hydrogen-bond acceptors (Lipinski definition) is 10. The third kappa shape index (κ3) is 11.6. The van der Waals surface area contributed by atoms with Crippen LogP contribution in [0.5, 0.6) is 0 Å². The second kappa shape index (κ2) is 17.3. The van der Waals surface area contributed by atoms with Gasteiger partial charge in [0.15, 0.2) is 0 Å². The number of carbonyl (C=O) groups excluding carboxylic acids is 4. The maximum atomic E-state index is 13.3. The second-order valence-corrected chi connectivity index (χ2v) is 14.0. The molecule has 2 rings (SSSR count). The lowest BCUT2D eigenvalue weighted by Crippen LogP contribution is -2.35. The molecule has 0 saturated carbocycles. The zero-order chi connectivity index (χ0) is 34.7. The molecule has 0 fully saturated rings. The van der Waals surface area contributed by atoms with E-state index in [-0.39, 0.29) is 50.2 Å². The van der Waals surface area contributed by atoms with Crippen LogP contribution in [0.15, 0.2) is 25.0 Å². The third-order valence-electron chi connectivity index (χ3n) is 8.05. The Morgan fingerprint density at radius 1 is 0.652 bits per heavy atom. The van der Waals surface area contributed by atoms with Gasteiger partial charge in [0, 0.05) is 49.7 Å². The van der Waals surface area contributed by atoms with Crippen molar-refractivity contribution in [3.63, 3.8) is 0 Å². The molecule has 12 heteroatoms. The minimum absolute atomic E-state index is 0.0555. The van der Waals surface area contributed by atoms with E-state index in [1.807, 2.05) is 37.1 Å². The van der Waals surface area contributed by atoms with Crippen molar-refractivity contribution in [2.75, 3.05) is 26.4 Å². The zero-order valence-corrected chi connectivity index (χ0v) is 29.3. The number of ether oxygens (including phenoxy) is 4. The van der Waals surface area contributed by atoms with E-state index in [9.17, 15) is 19.2 Å². The summed E-state index contributed by atoms with van der Waals surface area (Å²) < 4.78 is 26.1. The summed E-state index contributed by atoms with van der Waals surface area (Å²) >= 11 is 0. The number of esters is 4. The van der Waals surface area contributed by atoms with E-state index in [4.69, 9.17) is 18.9 Å². The molecule has 258 valence electrons. The molecule has 4 atom stereocenters. The van der Waals surface area contributed by atoms with Crippen LogP contribution in [0.4, 0.5) is 0 Å². The van der Waals surface area contributed by atoms with E-state index in [2.05, 4.69) is 9.97 Å². The molecule has 0 amide bonds. The Hall–Kier alpha value is -3.70. The second-order valence-electron chi connectivity index (χ2n) is 14.0. The van der Waals surface area contributed by atoms with E-state index in [1.165, 1.54) is 0 Å². The van der Waals surface area contributed by atoms with Gasteiger partial charge >= 0.3 is 23.9 Å². The molecular weight excluding hydrogens is 592 g/mol. The van der Waals surface area contributed by atoms with Gasteiger partial charge in [-0.15, -0.1) is 0 Å². The number of carbonyl (C=O) groups is 4. The molecule has 0 aromatic carbocycles. The SMILES string of the molecule is CC[C@H](C(=O)OCCOC(=O)[C@H](CC)[C@@H](COC(=O)C(C)(C)C)Cc1cncn1C)[C@H](COC(=O)C(C)(C)C)Cc1cncn1C. The van der Waals surface area contributed by atoms with Gasteiger partial charge in [0.05, 0.1) is 48.5 Å². The smallest absolute Gasteiger partial charge is 0.311 e. The van der Waals surface area contributed by atoms with E-state index in [0.29, 0.717) is 25.7 Å². The number of hydrogen-bond donors (Lipinski definition) is 0. The largest absolute Gasteiger partial charge is 0.465 e. The molecular formula is C34H54N4O8. The van der Waals surface area contributed by atoms with Crippen molar-refractivity contribution in [1.82, 2.24) is 19.1 Å². The van der Waals surface area contributed by atoms with Crippen LogP contribution < -0.4 is 0 Å². The molecule has 2 aromatic heterocycles. The van der Waals surface area contributed by atoms with Gasteiger partial charge in [-0.1, -0.05) is 13.8 Å². The van der Waals surface area contributed by atoms with Crippen molar-refractivity contribution < 1.29 is 38.1 Å². The molecule has 46 heavy (non-hydrogen) atoms. The van der Waals surface area contributed by atoms with Gasteiger partial charge in [-0.2, -0.15) is 0 Å². The summed E-state index contributed by atoms with van der Waals surface area (Å²) in [5, 5.41) is 0. The van der Waals surface area contributed by atoms with Crippen molar-refractivity contribution in [3.05, 3.63) is 36.4 Å². The average Bonchev–Trinajstić information content (AvgIpc) is 3.58. The first-order chi connectivity index (χ1) is 21.5. The summed E-state index contributed by atoms with van der Waals surface area (Å²) in [5.74, 6) is -3.38. The molecule has 0 saturated heterocycles. The van der Waals surface area contributed by atoms with Crippen molar-refractivity contribution in [1.29, 1.82) is 0 Å². The predicted octanol–water partition coefficient (Wildman–Crippen LogP) is 4.49.